The van der Waals surface area contributed by atoms with E-state index in [1.807, 2.05) is 60.7 Å². The summed E-state index contributed by atoms with van der Waals surface area (Å²) >= 11 is 0. The molecule has 1 atom stereocenters. The van der Waals surface area contributed by atoms with Crippen LogP contribution in [0.25, 0.3) is 11.5 Å². The van der Waals surface area contributed by atoms with E-state index in [0.717, 1.165) is 16.8 Å². The summed E-state index contributed by atoms with van der Waals surface area (Å²) in [6.07, 6.45) is 1.64. The maximum atomic E-state index is 9.66. The van der Waals surface area contributed by atoms with E-state index in [9.17, 15) is 5.11 Å². The highest BCUT2D eigenvalue weighted by Crippen LogP contribution is 2.17. The highest BCUT2D eigenvalue weighted by Gasteiger charge is 2.11. The summed E-state index contributed by atoms with van der Waals surface area (Å²) in [7, 11) is 1.71. The van der Waals surface area contributed by atoms with Crippen molar-refractivity contribution in [3.63, 3.8) is 0 Å². The van der Waals surface area contributed by atoms with E-state index in [1.54, 1.807) is 13.3 Å². The first kappa shape index (κ1) is 18.7. The predicted molar refractivity (Wildman–Crippen MR) is 106 cm³/mol. The second-order valence-electron chi connectivity index (χ2n) is 6.11. The molecule has 0 amide bonds. The molecule has 3 rings (SSSR count). The SMILES string of the molecule is CN=C(NCc1coc(-c2ccccc2)n1)NCC(CO)c1ccccc1. The molecule has 27 heavy (non-hydrogen) atoms. The van der Waals surface area contributed by atoms with Gasteiger partial charge >= 0.3 is 0 Å². The van der Waals surface area contributed by atoms with E-state index in [-0.39, 0.29) is 12.5 Å². The van der Waals surface area contributed by atoms with E-state index in [4.69, 9.17) is 4.42 Å². The summed E-state index contributed by atoms with van der Waals surface area (Å²) in [4.78, 5) is 8.72. The fourth-order valence-electron chi connectivity index (χ4n) is 2.73. The molecule has 2 aromatic carbocycles. The number of aliphatic imine (C=N–C) groups is 1. The number of rotatable bonds is 7. The van der Waals surface area contributed by atoms with Crippen molar-refractivity contribution in [2.45, 2.75) is 12.5 Å². The van der Waals surface area contributed by atoms with Crippen molar-refractivity contribution in [2.24, 2.45) is 4.99 Å². The number of aliphatic hydroxyl groups excluding tert-OH is 1. The minimum absolute atomic E-state index is 0.00137. The first-order valence-corrected chi connectivity index (χ1v) is 8.90. The maximum Gasteiger partial charge on any atom is 0.226 e. The molecule has 3 N–H and O–H groups in total. The monoisotopic (exact) mass is 364 g/mol. The molecule has 0 saturated heterocycles. The Kier molecular flexibility index (Phi) is 6.60. The molecule has 0 bridgehead atoms. The van der Waals surface area contributed by atoms with E-state index in [1.165, 1.54) is 0 Å². The molecule has 6 nitrogen and oxygen atoms in total. The lowest BCUT2D eigenvalue weighted by Crippen LogP contribution is -2.39. The van der Waals surface area contributed by atoms with Crippen molar-refractivity contribution < 1.29 is 9.52 Å². The second kappa shape index (κ2) is 9.54. The first-order valence-electron chi connectivity index (χ1n) is 8.90. The summed E-state index contributed by atoms with van der Waals surface area (Å²) in [6, 6.07) is 19.7. The van der Waals surface area contributed by atoms with Gasteiger partial charge in [-0.1, -0.05) is 48.5 Å². The summed E-state index contributed by atoms with van der Waals surface area (Å²) < 4.78 is 5.55. The van der Waals surface area contributed by atoms with Gasteiger partial charge in [0.25, 0.3) is 0 Å². The normalized spacial score (nSPS) is 12.6. The lowest BCUT2D eigenvalue weighted by molar-refractivity contribution is 0.265. The van der Waals surface area contributed by atoms with E-state index < -0.39 is 0 Å². The van der Waals surface area contributed by atoms with Crippen LogP contribution in [-0.2, 0) is 6.54 Å². The third-order valence-electron chi connectivity index (χ3n) is 4.24. The van der Waals surface area contributed by atoms with Crippen LogP contribution in [0.4, 0.5) is 0 Å². The van der Waals surface area contributed by atoms with Gasteiger partial charge in [-0.05, 0) is 17.7 Å². The third kappa shape index (κ3) is 5.18. The van der Waals surface area contributed by atoms with Crippen LogP contribution in [0.3, 0.4) is 0 Å². The van der Waals surface area contributed by atoms with E-state index in [2.05, 4.69) is 20.6 Å². The predicted octanol–water partition coefficient (Wildman–Crippen LogP) is 2.78. The number of guanidine groups is 1. The number of oxazole rings is 1. The van der Waals surface area contributed by atoms with Crippen LogP contribution in [0.15, 0.2) is 76.3 Å². The van der Waals surface area contributed by atoms with Crippen LogP contribution in [0.5, 0.6) is 0 Å². The molecule has 1 heterocycles. The summed E-state index contributed by atoms with van der Waals surface area (Å²) in [6.45, 7) is 1.14. The number of nitrogens with one attached hydrogen (secondary N) is 2. The number of aromatic nitrogens is 1. The average Bonchev–Trinajstić information content (AvgIpc) is 3.21. The number of benzene rings is 2. The maximum absolute atomic E-state index is 9.66. The highest BCUT2D eigenvalue weighted by atomic mass is 16.3. The number of aliphatic hydroxyl groups is 1. The Morgan fingerprint density at radius 1 is 1.07 bits per heavy atom. The van der Waals surface area contributed by atoms with Crippen molar-refractivity contribution in [3.8, 4) is 11.5 Å². The first-order chi connectivity index (χ1) is 13.3. The zero-order chi connectivity index (χ0) is 18.9. The number of nitrogens with zero attached hydrogens (tertiary/aromatic N) is 2. The zero-order valence-corrected chi connectivity index (χ0v) is 15.3. The summed E-state index contributed by atoms with van der Waals surface area (Å²) in [5.74, 6) is 1.25. The van der Waals surface area contributed by atoms with Crippen LogP contribution in [0, 0.1) is 0 Å². The Balaban J connectivity index is 1.53. The summed E-state index contributed by atoms with van der Waals surface area (Å²) in [5, 5.41) is 16.1. The lowest BCUT2D eigenvalue weighted by Gasteiger charge is -2.17. The van der Waals surface area contributed by atoms with Gasteiger partial charge in [-0.2, -0.15) is 0 Å². The molecule has 0 spiro atoms. The Morgan fingerprint density at radius 2 is 1.78 bits per heavy atom. The van der Waals surface area contributed by atoms with Crippen molar-refractivity contribution in [3.05, 3.63) is 78.2 Å². The topological polar surface area (TPSA) is 82.7 Å². The fraction of sp³-hybridized carbons (Fsp3) is 0.238. The summed E-state index contributed by atoms with van der Waals surface area (Å²) in [5.41, 5.74) is 2.82. The Labute approximate surface area is 159 Å². The molecule has 140 valence electrons. The number of hydrogen-bond donors (Lipinski definition) is 3. The Morgan fingerprint density at radius 3 is 2.44 bits per heavy atom. The largest absolute Gasteiger partial charge is 0.444 e. The molecule has 1 unspecified atom stereocenters. The molecular formula is C21H24N4O2. The minimum Gasteiger partial charge on any atom is -0.444 e. The van der Waals surface area contributed by atoms with Gasteiger partial charge in [-0.25, -0.2) is 4.98 Å². The second-order valence-corrected chi connectivity index (χ2v) is 6.11. The van der Waals surface area contributed by atoms with Crippen LogP contribution >= 0.6 is 0 Å². The zero-order valence-electron chi connectivity index (χ0n) is 15.3. The molecule has 6 heteroatoms. The smallest absolute Gasteiger partial charge is 0.226 e. The van der Waals surface area contributed by atoms with Gasteiger partial charge in [0.2, 0.25) is 5.89 Å². The lowest BCUT2D eigenvalue weighted by atomic mass is 10.0. The fourth-order valence-corrected chi connectivity index (χ4v) is 2.73. The van der Waals surface area contributed by atoms with E-state index in [0.29, 0.717) is 24.9 Å². The Bertz CT molecular complexity index is 847. The third-order valence-corrected chi connectivity index (χ3v) is 4.24. The van der Waals surface area contributed by atoms with Gasteiger partial charge in [0.15, 0.2) is 5.96 Å². The van der Waals surface area contributed by atoms with Crippen LogP contribution in [0.2, 0.25) is 0 Å². The van der Waals surface area contributed by atoms with Gasteiger partial charge in [0.05, 0.1) is 18.8 Å². The van der Waals surface area contributed by atoms with Gasteiger partial charge in [-0.15, -0.1) is 0 Å². The Hall–Kier alpha value is -3.12. The number of hydrogen-bond acceptors (Lipinski definition) is 4. The standard InChI is InChI=1S/C21H24N4O2/c1-22-21(23-12-18(14-26)16-8-4-2-5-9-16)24-13-19-15-27-20(25-19)17-10-6-3-7-11-17/h2-11,15,18,26H,12-14H2,1H3,(H2,22,23,24). The molecule has 1 aromatic heterocycles. The molecule has 3 aromatic rings. The molecule has 0 radical (unpaired) electrons. The van der Waals surface area contributed by atoms with Gasteiger partial charge < -0.3 is 20.2 Å². The van der Waals surface area contributed by atoms with Crippen molar-refractivity contribution in [1.29, 1.82) is 0 Å². The quantitative estimate of drug-likeness (QED) is 0.444. The molecule has 0 fully saturated rings. The van der Waals surface area contributed by atoms with Crippen LogP contribution in [-0.4, -0.2) is 36.2 Å². The van der Waals surface area contributed by atoms with Crippen LogP contribution < -0.4 is 10.6 Å². The average molecular weight is 364 g/mol. The van der Waals surface area contributed by atoms with E-state index >= 15 is 0 Å². The molecule has 0 saturated carbocycles. The van der Waals surface area contributed by atoms with Crippen molar-refractivity contribution in [1.82, 2.24) is 15.6 Å². The van der Waals surface area contributed by atoms with Crippen molar-refractivity contribution in [2.75, 3.05) is 20.2 Å². The molecule has 0 aliphatic heterocycles. The van der Waals surface area contributed by atoms with Gasteiger partial charge in [0.1, 0.15) is 6.26 Å². The minimum atomic E-state index is 0.00137. The van der Waals surface area contributed by atoms with Crippen molar-refractivity contribution >= 4 is 5.96 Å². The molecule has 0 aliphatic rings. The van der Waals surface area contributed by atoms with Gasteiger partial charge in [0, 0.05) is 25.1 Å². The van der Waals surface area contributed by atoms with Crippen LogP contribution in [0.1, 0.15) is 17.2 Å². The van der Waals surface area contributed by atoms with Gasteiger partial charge in [-0.3, -0.25) is 4.99 Å². The highest BCUT2D eigenvalue weighted by molar-refractivity contribution is 5.79. The molecule has 0 aliphatic carbocycles. The molecular weight excluding hydrogens is 340 g/mol.